The number of fused-ring (bicyclic) bond motifs is 4. The number of nitrogens with one attached hydrogen (secondary N) is 2. The van der Waals surface area contributed by atoms with Gasteiger partial charge in [0, 0.05) is 28.8 Å². The van der Waals surface area contributed by atoms with Crippen LogP contribution < -0.4 is 10.6 Å². The van der Waals surface area contributed by atoms with E-state index in [2.05, 4.69) is 34.3 Å². The number of allylic oxidation sites excluding steroid dienone is 2. The van der Waals surface area contributed by atoms with E-state index in [1.165, 1.54) is 18.2 Å². The van der Waals surface area contributed by atoms with Crippen LogP contribution in [0.25, 0.3) is 0 Å². The van der Waals surface area contributed by atoms with Crippen LogP contribution in [-0.4, -0.2) is 45.4 Å². The van der Waals surface area contributed by atoms with Gasteiger partial charge >= 0.3 is 0 Å². The minimum atomic E-state index is -1.37. The molecule has 0 unspecified atom stereocenters. The number of aliphatic hydroxyl groups is 1. The Balaban J connectivity index is 1.47. The molecular formula is C34H32N2O6. The van der Waals surface area contributed by atoms with Gasteiger partial charge in [-0.15, -0.1) is 0 Å². The molecule has 2 aromatic rings. The third kappa shape index (κ3) is 4.06. The highest BCUT2D eigenvalue weighted by atomic mass is 16.6. The van der Waals surface area contributed by atoms with Crippen molar-refractivity contribution in [1.82, 2.24) is 0 Å². The molecule has 1 amide bonds. The number of anilines is 2. The van der Waals surface area contributed by atoms with Gasteiger partial charge in [-0.25, -0.2) is 0 Å². The summed E-state index contributed by atoms with van der Waals surface area (Å²) < 4.78 is 6.47. The maximum atomic E-state index is 14.1. The van der Waals surface area contributed by atoms with Crippen LogP contribution in [0.15, 0.2) is 36.4 Å². The van der Waals surface area contributed by atoms with Gasteiger partial charge < -0.3 is 25.6 Å². The normalized spacial score (nSPS) is 26.7. The molecule has 2 bridgehead atoms. The van der Waals surface area contributed by atoms with E-state index < -0.39 is 40.7 Å². The van der Waals surface area contributed by atoms with Gasteiger partial charge in [-0.1, -0.05) is 51.4 Å². The second-order valence-corrected chi connectivity index (χ2v) is 12.2. The molecule has 42 heavy (non-hydrogen) atoms. The van der Waals surface area contributed by atoms with E-state index in [4.69, 9.17) is 4.74 Å². The minimum Gasteiger partial charge on any atom is -0.507 e. The maximum absolute atomic E-state index is 14.1. The van der Waals surface area contributed by atoms with Crippen molar-refractivity contribution in [2.24, 2.45) is 11.8 Å². The van der Waals surface area contributed by atoms with E-state index in [0.29, 0.717) is 35.7 Å². The number of ketones is 2. The number of carbonyl (C=O) groups excluding carboxylic acids is 3. The largest absolute Gasteiger partial charge is 0.507 e. The number of carbonyl (C=O) groups is 3. The van der Waals surface area contributed by atoms with Crippen molar-refractivity contribution in [1.29, 1.82) is 0 Å². The van der Waals surface area contributed by atoms with Gasteiger partial charge in [0.15, 0.2) is 23.3 Å². The molecule has 0 saturated carbocycles. The lowest BCUT2D eigenvalue weighted by Gasteiger charge is -2.37. The summed E-state index contributed by atoms with van der Waals surface area (Å²) in [6.45, 7) is 8.14. The highest BCUT2D eigenvalue weighted by molar-refractivity contribution is 6.31. The van der Waals surface area contributed by atoms with E-state index in [0.717, 1.165) is 6.42 Å². The van der Waals surface area contributed by atoms with E-state index >= 15 is 0 Å². The van der Waals surface area contributed by atoms with Gasteiger partial charge in [-0.05, 0) is 61.1 Å². The first-order chi connectivity index (χ1) is 20.0. The van der Waals surface area contributed by atoms with Crippen LogP contribution in [0, 0.1) is 35.5 Å². The Morgan fingerprint density at radius 2 is 1.74 bits per heavy atom. The van der Waals surface area contributed by atoms with Crippen LogP contribution >= 0.6 is 0 Å². The molecule has 6 rings (SSSR count). The number of aromatic hydroxyl groups is 1. The summed E-state index contributed by atoms with van der Waals surface area (Å²) in [6.07, 6.45) is 3.43. The van der Waals surface area contributed by atoms with Crippen LogP contribution in [0.4, 0.5) is 11.4 Å². The molecule has 1 fully saturated rings. The second-order valence-electron chi connectivity index (χ2n) is 12.2. The van der Waals surface area contributed by atoms with E-state index in [-0.39, 0.29) is 34.1 Å². The number of benzene rings is 2. The summed E-state index contributed by atoms with van der Waals surface area (Å²) >= 11 is 0. The van der Waals surface area contributed by atoms with Crippen LogP contribution in [0.2, 0.25) is 0 Å². The van der Waals surface area contributed by atoms with Crippen molar-refractivity contribution >= 4 is 28.8 Å². The number of hydrogen-bond donors (Lipinski definition) is 4. The molecule has 2 heterocycles. The number of epoxide rings is 1. The third-order valence-corrected chi connectivity index (χ3v) is 8.38. The number of phenolic OH excluding ortho intramolecular Hbond substituents is 1. The number of phenols is 1. The van der Waals surface area contributed by atoms with Crippen molar-refractivity contribution in [2.75, 3.05) is 10.6 Å². The standard InChI is InChI=1S/C34H32N2O6/c1-18(2)11-14-27(39)35-20-12-13-21-22(15-20)32(41)28-24(37)16-23-30(29(28)31(21)40)36-25-9-7-5-6-8-10-26(38)34(23)33(25,42-34)17-19(3)4/h5-6,12-13,15-16,18-19,25-26,36-38H,11,14,17H2,1-4H3,(H,35,39)/b6-5-/t25-,26+,33-,34-/m0/s1. The lowest BCUT2D eigenvalue weighted by atomic mass is 9.69. The van der Waals surface area contributed by atoms with Gasteiger partial charge in [0.1, 0.15) is 17.4 Å². The fraction of sp³-hybridized carbons (Fsp3) is 0.382. The molecule has 2 aromatic carbocycles. The molecule has 214 valence electrons. The van der Waals surface area contributed by atoms with E-state index in [1.54, 1.807) is 18.2 Å². The molecule has 4 atom stereocenters. The first-order valence-electron chi connectivity index (χ1n) is 14.3. The molecule has 8 nitrogen and oxygen atoms in total. The van der Waals surface area contributed by atoms with Gasteiger partial charge in [-0.3, -0.25) is 14.4 Å². The Labute approximate surface area is 244 Å². The Hall–Kier alpha value is -4.37. The van der Waals surface area contributed by atoms with Crippen LogP contribution in [-0.2, 0) is 15.1 Å². The zero-order valence-corrected chi connectivity index (χ0v) is 23.9. The van der Waals surface area contributed by atoms with Crippen molar-refractivity contribution < 1.29 is 29.3 Å². The van der Waals surface area contributed by atoms with E-state index in [1.807, 2.05) is 27.7 Å². The minimum absolute atomic E-state index is 0.00352. The summed E-state index contributed by atoms with van der Waals surface area (Å²) in [5.74, 6) is 10.7. The lowest BCUT2D eigenvalue weighted by molar-refractivity contribution is -0.116. The van der Waals surface area contributed by atoms with E-state index in [9.17, 15) is 24.6 Å². The number of aliphatic hydroxyl groups excluding tert-OH is 1. The second kappa shape index (κ2) is 9.87. The summed E-state index contributed by atoms with van der Waals surface area (Å²) in [7, 11) is 0. The molecule has 2 aliphatic heterocycles. The van der Waals surface area contributed by atoms with Crippen LogP contribution in [0.5, 0.6) is 5.75 Å². The Morgan fingerprint density at radius 3 is 2.45 bits per heavy atom. The van der Waals surface area contributed by atoms with Crippen LogP contribution in [0.1, 0.15) is 84.4 Å². The van der Waals surface area contributed by atoms with Crippen LogP contribution in [0.3, 0.4) is 0 Å². The number of amides is 1. The highest BCUT2D eigenvalue weighted by Crippen LogP contribution is 2.68. The summed E-state index contributed by atoms with van der Waals surface area (Å²) in [4.78, 5) is 40.3. The highest BCUT2D eigenvalue weighted by Gasteiger charge is 2.79. The SMILES string of the molecule is CC(C)CCC(=O)Nc1ccc2c(c1)C(=O)c1c(O)cc3c(c1C2=O)N[C@H]1C#C/C=C\C#C[C@@H](O)[C@@]32O[C@@]12CC(C)C. The van der Waals surface area contributed by atoms with Crippen molar-refractivity contribution in [3.8, 4) is 29.4 Å². The monoisotopic (exact) mass is 564 g/mol. The molecule has 0 aromatic heterocycles. The molecular weight excluding hydrogens is 532 g/mol. The van der Waals surface area contributed by atoms with Gasteiger partial charge in [-0.2, -0.15) is 0 Å². The first-order valence-corrected chi connectivity index (χ1v) is 14.3. The third-order valence-electron chi connectivity index (χ3n) is 8.38. The Morgan fingerprint density at radius 1 is 1.02 bits per heavy atom. The quantitative estimate of drug-likeness (QED) is 0.200. The molecule has 0 spiro atoms. The lowest BCUT2D eigenvalue weighted by Crippen LogP contribution is -2.50. The molecule has 2 aliphatic carbocycles. The summed E-state index contributed by atoms with van der Waals surface area (Å²) in [5, 5.41) is 28.9. The fourth-order valence-corrected chi connectivity index (χ4v) is 6.52. The topological polar surface area (TPSA) is 128 Å². The maximum Gasteiger partial charge on any atom is 0.224 e. The smallest absolute Gasteiger partial charge is 0.224 e. The predicted octanol–water partition coefficient (Wildman–Crippen LogP) is 4.28. The van der Waals surface area contributed by atoms with Gasteiger partial charge in [0.25, 0.3) is 0 Å². The van der Waals surface area contributed by atoms with Crippen molar-refractivity contribution in [3.63, 3.8) is 0 Å². The number of rotatable bonds is 6. The average molecular weight is 565 g/mol. The molecule has 4 aliphatic rings. The Kier molecular flexibility index (Phi) is 6.53. The molecule has 0 radical (unpaired) electrons. The van der Waals surface area contributed by atoms with Crippen molar-refractivity contribution in [2.45, 2.75) is 70.3 Å². The number of ether oxygens (including phenoxy) is 1. The zero-order chi connectivity index (χ0) is 30.0. The van der Waals surface area contributed by atoms with Gasteiger partial charge in [0.05, 0.1) is 16.8 Å². The molecule has 4 N–H and O–H groups in total. The summed E-state index contributed by atoms with van der Waals surface area (Å²) in [6, 6.07) is 5.35. The number of hydrogen-bond acceptors (Lipinski definition) is 7. The zero-order valence-electron chi connectivity index (χ0n) is 23.9. The predicted molar refractivity (Wildman–Crippen MR) is 157 cm³/mol. The van der Waals surface area contributed by atoms with Gasteiger partial charge in [0.2, 0.25) is 5.91 Å². The average Bonchev–Trinajstić information content (AvgIpc) is 3.62. The van der Waals surface area contributed by atoms with Crippen molar-refractivity contribution in [3.05, 3.63) is 64.2 Å². The summed E-state index contributed by atoms with van der Waals surface area (Å²) in [5.41, 5.74) is -1.18. The fourth-order valence-electron chi connectivity index (χ4n) is 6.52. The first kappa shape index (κ1) is 27.8. The molecule has 8 heteroatoms. The molecule has 1 saturated heterocycles. The Bertz CT molecular complexity index is 1710.